The number of aromatic nitrogens is 3. The number of carbonyl (C=O) groups excluding carboxylic acids is 1. The third-order valence-corrected chi connectivity index (χ3v) is 6.65. The van der Waals surface area contributed by atoms with E-state index in [1.54, 1.807) is 0 Å². The maximum absolute atomic E-state index is 13.2. The summed E-state index contributed by atoms with van der Waals surface area (Å²) in [5, 5.41) is 3.72. The molecule has 164 valence electrons. The van der Waals surface area contributed by atoms with E-state index in [0.717, 1.165) is 33.5 Å². The molecule has 33 heavy (non-hydrogen) atoms. The summed E-state index contributed by atoms with van der Waals surface area (Å²) in [5.74, 6) is -0.275. The Morgan fingerprint density at radius 2 is 1.85 bits per heavy atom. The van der Waals surface area contributed by atoms with Gasteiger partial charge in [-0.2, -0.15) is 0 Å². The second-order valence-electron chi connectivity index (χ2n) is 7.91. The summed E-state index contributed by atoms with van der Waals surface area (Å²) in [4.78, 5) is 35.8. The third-order valence-electron chi connectivity index (χ3n) is 5.59. The average Bonchev–Trinajstić information content (AvgIpc) is 3.20. The summed E-state index contributed by atoms with van der Waals surface area (Å²) in [6, 6.07) is 19.7. The summed E-state index contributed by atoms with van der Waals surface area (Å²) in [6.07, 6.45) is 2.38. The first-order chi connectivity index (χ1) is 16.0. The van der Waals surface area contributed by atoms with E-state index in [2.05, 4.69) is 22.2 Å². The van der Waals surface area contributed by atoms with Crippen molar-refractivity contribution in [3.63, 3.8) is 0 Å². The Kier molecular flexibility index (Phi) is 5.48. The Morgan fingerprint density at radius 1 is 1.09 bits per heavy atom. The number of fused-ring (bicyclic) bond motifs is 3. The highest BCUT2D eigenvalue weighted by molar-refractivity contribution is 7.25. The molecule has 5 aromatic rings. The van der Waals surface area contributed by atoms with Crippen molar-refractivity contribution in [2.45, 2.75) is 26.8 Å². The number of hydrogen-bond acceptors (Lipinski definition) is 5. The van der Waals surface area contributed by atoms with E-state index in [1.807, 2.05) is 67.6 Å². The van der Waals surface area contributed by atoms with Crippen molar-refractivity contribution in [1.29, 1.82) is 0 Å². The second-order valence-corrected chi connectivity index (χ2v) is 8.91. The first kappa shape index (κ1) is 21.0. The molecule has 3 aromatic heterocycles. The molecule has 6 nitrogen and oxygen atoms in total. The van der Waals surface area contributed by atoms with Gasteiger partial charge in [0.1, 0.15) is 16.1 Å². The van der Waals surface area contributed by atoms with Crippen LogP contribution in [0, 0.1) is 6.92 Å². The van der Waals surface area contributed by atoms with Crippen LogP contribution in [0.15, 0.2) is 71.8 Å². The standard InChI is InChI=1S/C26H22N4O2S/c1-3-17-9-11-19(12-10-17)29-21(31)14-30-15-27-23-22-20(18-7-5-4-6-8-18)13-16(2)28-25(22)33-24(23)26(30)32/h4-13,15H,3,14H2,1-2H3,(H,29,31). The lowest BCUT2D eigenvalue weighted by atomic mass is 10.0. The number of thiophene rings is 1. The normalized spacial score (nSPS) is 11.2. The van der Waals surface area contributed by atoms with Crippen molar-refractivity contribution in [2.75, 3.05) is 5.32 Å². The molecule has 0 saturated heterocycles. The fourth-order valence-electron chi connectivity index (χ4n) is 3.92. The Morgan fingerprint density at radius 3 is 2.58 bits per heavy atom. The number of carbonyl (C=O) groups is 1. The van der Waals surface area contributed by atoms with Crippen LogP contribution in [0.2, 0.25) is 0 Å². The fourth-order valence-corrected chi connectivity index (χ4v) is 5.07. The van der Waals surface area contributed by atoms with Gasteiger partial charge >= 0.3 is 0 Å². The smallest absolute Gasteiger partial charge is 0.271 e. The molecule has 0 fully saturated rings. The molecule has 5 rings (SSSR count). The summed E-state index contributed by atoms with van der Waals surface area (Å²) in [7, 11) is 0. The highest BCUT2D eigenvalue weighted by Gasteiger charge is 2.18. The number of benzene rings is 2. The van der Waals surface area contributed by atoms with Gasteiger partial charge in [-0.15, -0.1) is 11.3 Å². The molecule has 0 unspecified atom stereocenters. The molecule has 0 aliphatic heterocycles. The van der Waals surface area contributed by atoms with E-state index >= 15 is 0 Å². The van der Waals surface area contributed by atoms with Gasteiger partial charge < -0.3 is 5.32 Å². The molecule has 0 aliphatic rings. The van der Waals surface area contributed by atoms with Gasteiger partial charge in [-0.3, -0.25) is 14.2 Å². The highest BCUT2D eigenvalue weighted by atomic mass is 32.1. The van der Waals surface area contributed by atoms with E-state index in [-0.39, 0.29) is 18.0 Å². The van der Waals surface area contributed by atoms with Crippen molar-refractivity contribution in [3.05, 3.63) is 88.6 Å². The zero-order valence-corrected chi connectivity index (χ0v) is 19.1. The number of pyridine rings is 1. The van der Waals surface area contributed by atoms with Gasteiger partial charge in [0, 0.05) is 16.8 Å². The van der Waals surface area contributed by atoms with E-state index in [9.17, 15) is 9.59 Å². The number of rotatable bonds is 5. The van der Waals surface area contributed by atoms with Gasteiger partial charge in [0.05, 0.1) is 11.8 Å². The largest absolute Gasteiger partial charge is 0.325 e. The van der Waals surface area contributed by atoms with Crippen molar-refractivity contribution >= 4 is 43.4 Å². The number of anilines is 1. The average molecular weight is 455 g/mol. The monoisotopic (exact) mass is 454 g/mol. The predicted molar refractivity (Wildman–Crippen MR) is 134 cm³/mol. The van der Waals surface area contributed by atoms with Crippen molar-refractivity contribution in [2.24, 2.45) is 0 Å². The van der Waals surface area contributed by atoms with Crippen LogP contribution in [0.1, 0.15) is 18.2 Å². The number of nitrogens with zero attached hydrogens (tertiary/aromatic N) is 3. The van der Waals surface area contributed by atoms with Crippen molar-refractivity contribution in [1.82, 2.24) is 14.5 Å². The van der Waals surface area contributed by atoms with Crippen LogP contribution in [0.25, 0.3) is 31.6 Å². The molecule has 3 heterocycles. The Balaban J connectivity index is 1.52. The summed E-state index contributed by atoms with van der Waals surface area (Å²) < 4.78 is 1.85. The first-order valence-electron chi connectivity index (χ1n) is 10.8. The first-order valence-corrected chi connectivity index (χ1v) is 11.6. The zero-order chi connectivity index (χ0) is 22.9. The minimum Gasteiger partial charge on any atom is -0.325 e. The quantitative estimate of drug-likeness (QED) is 0.397. The van der Waals surface area contributed by atoms with Gasteiger partial charge in [0.15, 0.2) is 0 Å². The minimum atomic E-state index is -0.275. The van der Waals surface area contributed by atoms with E-state index in [0.29, 0.717) is 15.9 Å². The van der Waals surface area contributed by atoms with Crippen LogP contribution >= 0.6 is 11.3 Å². The molecule has 1 N–H and O–H groups in total. The van der Waals surface area contributed by atoms with Gasteiger partial charge in [-0.05, 0) is 48.2 Å². The molecule has 0 aliphatic carbocycles. The summed E-state index contributed by atoms with van der Waals surface area (Å²) >= 11 is 1.32. The number of aryl methyl sites for hydroxylation is 2. The molecule has 7 heteroatoms. The van der Waals surface area contributed by atoms with Crippen molar-refractivity contribution < 1.29 is 4.79 Å². The third kappa shape index (κ3) is 4.03. The number of hydrogen-bond donors (Lipinski definition) is 1. The molecule has 0 atom stereocenters. The van der Waals surface area contributed by atoms with Crippen LogP contribution in [0.3, 0.4) is 0 Å². The van der Waals surface area contributed by atoms with Gasteiger partial charge in [-0.25, -0.2) is 9.97 Å². The topological polar surface area (TPSA) is 76.9 Å². The SMILES string of the molecule is CCc1ccc(NC(=O)Cn2cnc3c(sc4nc(C)cc(-c5ccccc5)c43)c2=O)cc1. The molecular weight excluding hydrogens is 432 g/mol. The molecule has 0 radical (unpaired) electrons. The second kappa shape index (κ2) is 8.60. The highest BCUT2D eigenvalue weighted by Crippen LogP contribution is 2.37. The lowest BCUT2D eigenvalue weighted by Crippen LogP contribution is -2.27. The van der Waals surface area contributed by atoms with Crippen LogP contribution in [-0.2, 0) is 17.8 Å². The van der Waals surface area contributed by atoms with Crippen LogP contribution < -0.4 is 10.9 Å². The van der Waals surface area contributed by atoms with Crippen LogP contribution in [0.5, 0.6) is 0 Å². The van der Waals surface area contributed by atoms with Gasteiger partial charge in [0.25, 0.3) is 5.56 Å². The molecule has 0 spiro atoms. The molecule has 0 saturated carbocycles. The fraction of sp³-hybridized carbons (Fsp3) is 0.154. The van der Waals surface area contributed by atoms with Crippen LogP contribution in [0.4, 0.5) is 5.69 Å². The lowest BCUT2D eigenvalue weighted by Gasteiger charge is -2.08. The Bertz CT molecular complexity index is 1540. The van der Waals surface area contributed by atoms with Crippen molar-refractivity contribution in [3.8, 4) is 11.1 Å². The van der Waals surface area contributed by atoms with E-state index in [1.165, 1.54) is 27.8 Å². The number of nitrogens with one attached hydrogen (secondary N) is 1. The zero-order valence-electron chi connectivity index (χ0n) is 18.3. The van der Waals surface area contributed by atoms with E-state index < -0.39 is 0 Å². The maximum Gasteiger partial charge on any atom is 0.271 e. The van der Waals surface area contributed by atoms with Crippen LogP contribution in [-0.4, -0.2) is 20.4 Å². The van der Waals surface area contributed by atoms with E-state index in [4.69, 9.17) is 0 Å². The predicted octanol–water partition coefficient (Wildman–Crippen LogP) is 5.18. The Hall–Kier alpha value is -3.84. The lowest BCUT2D eigenvalue weighted by molar-refractivity contribution is -0.116. The molecular formula is C26H22N4O2S. The van der Waals surface area contributed by atoms with Gasteiger partial charge in [-0.1, -0.05) is 49.4 Å². The molecule has 1 amide bonds. The molecule has 2 aromatic carbocycles. The number of amides is 1. The summed E-state index contributed by atoms with van der Waals surface area (Å²) in [6.45, 7) is 3.92. The Labute approximate surface area is 194 Å². The maximum atomic E-state index is 13.2. The summed E-state index contributed by atoms with van der Waals surface area (Å²) in [5.41, 5.74) is 5.21. The van der Waals surface area contributed by atoms with Gasteiger partial charge in [0.2, 0.25) is 5.91 Å². The molecule has 0 bridgehead atoms. The minimum absolute atomic E-state index is 0.108.